The van der Waals surface area contributed by atoms with E-state index in [1.165, 1.54) is 7.11 Å². The second-order valence-electron chi connectivity index (χ2n) is 2.74. The Labute approximate surface area is 78.1 Å². The molecule has 76 valence electrons. The van der Waals surface area contributed by atoms with Crippen LogP contribution >= 0.6 is 0 Å². The Balaban J connectivity index is 4.19. The van der Waals surface area contributed by atoms with Gasteiger partial charge >= 0.3 is 5.97 Å². The van der Waals surface area contributed by atoms with E-state index in [1.54, 1.807) is 0 Å². The first kappa shape index (κ1) is 11.7. The predicted molar refractivity (Wildman–Crippen MR) is 51.1 cm³/mol. The third-order valence-corrected chi connectivity index (χ3v) is 1.61. The molecule has 0 aliphatic carbocycles. The van der Waals surface area contributed by atoms with Crippen molar-refractivity contribution in [1.82, 2.24) is 0 Å². The van der Waals surface area contributed by atoms with Crippen molar-refractivity contribution >= 4 is 11.9 Å². The predicted octanol–water partition coefficient (Wildman–Crippen LogP) is -0.00840. The normalized spacial score (nSPS) is 11.8. The van der Waals surface area contributed by atoms with Gasteiger partial charge in [0.15, 0.2) is 12.0 Å². The van der Waals surface area contributed by atoms with Gasteiger partial charge in [0.2, 0.25) is 0 Å². The van der Waals surface area contributed by atoms with Crippen LogP contribution in [0.15, 0.2) is 4.99 Å². The van der Waals surface area contributed by atoms with Crippen molar-refractivity contribution in [2.24, 2.45) is 16.5 Å². The van der Waals surface area contributed by atoms with Gasteiger partial charge < -0.3 is 16.2 Å². The zero-order valence-corrected chi connectivity index (χ0v) is 8.12. The second-order valence-corrected chi connectivity index (χ2v) is 2.74. The molecule has 0 bridgehead atoms. The zero-order chi connectivity index (χ0) is 10.3. The number of ether oxygens (including phenoxy) is 1. The lowest BCUT2D eigenvalue weighted by Crippen LogP contribution is -2.29. The quantitative estimate of drug-likeness (QED) is 0.360. The van der Waals surface area contributed by atoms with E-state index in [2.05, 4.69) is 9.73 Å². The number of aliphatic imine (C=N–C) groups is 1. The summed E-state index contributed by atoms with van der Waals surface area (Å²) < 4.78 is 4.55. The average molecular weight is 187 g/mol. The molecule has 0 aliphatic rings. The SMILES string of the molecule is CCCCC(N=C(N)N)C(=O)OC. The first-order valence-electron chi connectivity index (χ1n) is 4.28. The van der Waals surface area contributed by atoms with Gasteiger partial charge in [-0.25, -0.2) is 9.79 Å². The molecule has 0 aromatic rings. The third kappa shape index (κ3) is 5.05. The minimum Gasteiger partial charge on any atom is -0.467 e. The minimum absolute atomic E-state index is 0.0773. The van der Waals surface area contributed by atoms with Crippen molar-refractivity contribution in [2.75, 3.05) is 7.11 Å². The Hall–Kier alpha value is -1.26. The summed E-state index contributed by atoms with van der Waals surface area (Å²) in [6, 6.07) is -0.546. The van der Waals surface area contributed by atoms with E-state index in [0.29, 0.717) is 6.42 Å². The molecular weight excluding hydrogens is 170 g/mol. The summed E-state index contributed by atoms with van der Waals surface area (Å²) in [7, 11) is 1.32. The number of guanidine groups is 1. The summed E-state index contributed by atoms with van der Waals surface area (Å²) in [4.78, 5) is 14.9. The van der Waals surface area contributed by atoms with Crippen LogP contribution in [0, 0.1) is 0 Å². The summed E-state index contributed by atoms with van der Waals surface area (Å²) >= 11 is 0. The van der Waals surface area contributed by atoms with Crippen LogP contribution in [0.1, 0.15) is 26.2 Å². The van der Waals surface area contributed by atoms with Crippen molar-refractivity contribution in [3.63, 3.8) is 0 Å². The van der Waals surface area contributed by atoms with Gasteiger partial charge in [-0.05, 0) is 6.42 Å². The molecule has 0 aromatic carbocycles. The fourth-order valence-corrected chi connectivity index (χ4v) is 0.949. The fourth-order valence-electron chi connectivity index (χ4n) is 0.949. The second kappa shape index (κ2) is 6.28. The van der Waals surface area contributed by atoms with Crippen LogP contribution in [0.2, 0.25) is 0 Å². The number of hydrogen-bond donors (Lipinski definition) is 2. The zero-order valence-electron chi connectivity index (χ0n) is 8.12. The molecule has 13 heavy (non-hydrogen) atoms. The molecule has 0 saturated carbocycles. The van der Waals surface area contributed by atoms with Gasteiger partial charge in [-0.2, -0.15) is 0 Å². The van der Waals surface area contributed by atoms with Crippen molar-refractivity contribution in [3.05, 3.63) is 0 Å². The topological polar surface area (TPSA) is 90.7 Å². The van der Waals surface area contributed by atoms with Crippen LogP contribution in [0.3, 0.4) is 0 Å². The number of unbranched alkanes of at least 4 members (excludes halogenated alkanes) is 1. The summed E-state index contributed by atoms with van der Waals surface area (Å²) in [6.45, 7) is 2.03. The maximum atomic E-state index is 11.1. The standard InChI is InChI=1S/C8H17N3O2/c1-3-4-5-6(7(12)13-2)11-8(9)10/h6H,3-5H2,1-2H3,(H4,9,10,11). The third-order valence-electron chi connectivity index (χ3n) is 1.61. The maximum absolute atomic E-state index is 11.1. The highest BCUT2D eigenvalue weighted by atomic mass is 16.5. The molecule has 1 atom stereocenters. The molecule has 0 aromatic heterocycles. The van der Waals surface area contributed by atoms with Crippen LogP contribution in [0.5, 0.6) is 0 Å². The van der Waals surface area contributed by atoms with E-state index in [4.69, 9.17) is 11.5 Å². The largest absolute Gasteiger partial charge is 0.467 e. The van der Waals surface area contributed by atoms with Gasteiger partial charge in [0.05, 0.1) is 7.11 Å². The van der Waals surface area contributed by atoms with Crippen molar-refractivity contribution in [3.8, 4) is 0 Å². The highest BCUT2D eigenvalue weighted by molar-refractivity contribution is 5.82. The molecule has 0 rings (SSSR count). The Morgan fingerprint density at radius 3 is 2.54 bits per heavy atom. The van der Waals surface area contributed by atoms with E-state index in [0.717, 1.165) is 12.8 Å². The number of rotatable bonds is 5. The monoisotopic (exact) mass is 187 g/mol. The first-order chi connectivity index (χ1) is 6.11. The average Bonchev–Trinajstić information content (AvgIpc) is 2.10. The Morgan fingerprint density at radius 2 is 2.15 bits per heavy atom. The van der Waals surface area contributed by atoms with Crippen LogP contribution in [-0.2, 0) is 9.53 Å². The molecule has 0 amide bonds. The van der Waals surface area contributed by atoms with Crippen LogP contribution in [0.25, 0.3) is 0 Å². The molecule has 0 fully saturated rings. The van der Waals surface area contributed by atoms with E-state index in [-0.39, 0.29) is 11.9 Å². The van der Waals surface area contributed by atoms with Gasteiger partial charge in [0.1, 0.15) is 0 Å². The Morgan fingerprint density at radius 1 is 1.54 bits per heavy atom. The summed E-state index contributed by atoms with van der Waals surface area (Å²) in [6.07, 6.45) is 2.52. The molecule has 4 N–H and O–H groups in total. The molecule has 0 heterocycles. The lowest BCUT2D eigenvalue weighted by molar-refractivity contribution is -0.142. The van der Waals surface area contributed by atoms with Crippen molar-refractivity contribution in [2.45, 2.75) is 32.2 Å². The molecular formula is C8H17N3O2. The minimum atomic E-state index is -0.546. The number of methoxy groups -OCH3 is 1. The molecule has 1 unspecified atom stereocenters. The van der Waals surface area contributed by atoms with Crippen LogP contribution < -0.4 is 11.5 Å². The number of nitrogens with two attached hydrogens (primary N) is 2. The number of esters is 1. The van der Waals surface area contributed by atoms with Gasteiger partial charge in [0, 0.05) is 0 Å². The Bertz CT molecular complexity index is 188. The molecule has 0 saturated heterocycles. The molecule has 5 heteroatoms. The lowest BCUT2D eigenvalue weighted by atomic mass is 10.1. The molecule has 0 radical (unpaired) electrons. The lowest BCUT2D eigenvalue weighted by Gasteiger charge is -2.09. The molecule has 0 aliphatic heterocycles. The first-order valence-corrected chi connectivity index (χ1v) is 4.28. The maximum Gasteiger partial charge on any atom is 0.330 e. The van der Waals surface area contributed by atoms with Crippen LogP contribution in [-0.4, -0.2) is 25.1 Å². The summed E-state index contributed by atoms with van der Waals surface area (Å²) in [5, 5.41) is 0. The number of nitrogens with zero attached hydrogens (tertiary/aromatic N) is 1. The van der Waals surface area contributed by atoms with Gasteiger partial charge in [-0.3, -0.25) is 0 Å². The highest BCUT2D eigenvalue weighted by Gasteiger charge is 2.16. The number of hydrogen-bond acceptors (Lipinski definition) is 3. The summed E-state index contributed by atoms with van der Waals surface area (Å²) in [5.74, 6) is -0.464. The van der Waals surface area contributed by atoms with Crippen LogP contribution in [0.4, 0.5) is 0 Å². The van der Waals surface area contributed by atoms with Gasteiger partial charge in [0.25, 0.3) is 0 Å². The van der Waals surface area contributed by atoms with E-state index in [1.807, 2.05) is 6.92 Å². The smallest absolute Gasteiger partial charge is 0.330 e. The van der Waals surface area contributed by atoms with E-state index in [9.17, 15) is 4.79 Å². The van der Waals surface area contributed by atoms with Gasteiger partial charge in [-0.1, -0.05) is 19.8 Å². The van der Waals surface area contributed by atoms with Crippen molar-refractivity contribution in [1.29, 1.82) is 0 Å². The van der Waals surface area contributed by atoms with E-state index < -0.39 is 6.04 Å². The Kier molecular flexibility index (Phi) is 5.67. The van der Waals surface area contributed by atoms with Crippen molar-refractivity contribution < 1.29 is 9.53 Å². The number of carbonyl (C=O) groups is 1. The van der Waals surface area contributed by atoms with Gasteiger partial charge in [-0.15, -0.1) is 0 Å². The molecule has 5 nitrogen and oxygen atoms in total. The fraction of sp³-hybridized carbons (Fsp3) is 0.750. The summed E-state index contributed by atoms with van der Waals surface area (Å²) in [5.41, 5.74) is 10.4. The number of carbonyl (C=O) groups excluding carboxylic acids is 1. The van der Waals surface area contributed by atoms with E-state index >= 15 is 0 Å². The molecule has 0 spiro atoms. The highest BCUT2D eigenvalue weighted by Crippen LogP contribution is 2.05.